The van der Waals surface area contributed by atoms with Gasteiger partial charge in [0.25, 0.3) is 0 Å². The van der Waals surface area contributed by atoms with Crippen molar-refractivity contribution in [1.82, 2.24) is 4.98 Å². The number of terminal acetylenes is 1. The van der Waals surface area contributed by atoms with Gasteiger partial charge in [-0.2, -0.15) is 0 Å². The van der Waals surface area contributed by atoms with Crippen LogP contribution in [-0.4, -0.2) is 34.6 Å². The lowest BCUT2D eigenvalue weighted by molar-refractivity contribution is -0.384. The van der Waals surface area contributed by atoms with Crippen molar-refractivity contribution in [3.05, 3.63) is 27.9 Å². The monoisotopic (exact) mass is 235 g/mol. The van der Waals surface area contributed by atoms with Gasteiger partial charge in [-0.1, -0.05) is 5.92 Å². The number of hydrogen-bond acceptors (Lipinski definition) is 5. The Balaban J connectivity index is 3.27. The summed E-state index contributed by atoms with van der Waals surface area (Å²) in [6.45, 7) is 0.139. The maximum absolute atomic E-state index is 10.8. The Morgan fingerprint density at radius 3 is 2.88 bits per heavy atom. The Bertz CT molecular complexity index is 507. The second-order valence-electron chi connectivity index (χ2n) is 3.19. The second kappa shape index (κ2) is 4.94. The third-order valence-corrected chi connectivity index (χ3v) is 1.98. The number of nitrogens with zero attached hydrogens (tertiary/aromatic N) is 3. The highest BCUT2D eigenvalue weighted by molar-refractivity contribution is 5.88. The molecule has 88 valence electrons. The molecule has 1 aromatic rings. The summed E-state index contributed by atoms with van der Waals surface area (Å²) in [7, 11) is 1.54. The molecule has 7 heteroatoms. The number of pyridine rings is 1. The van der Waals surface area contributed by atoms with E-state index in [0.717, 1.165) is 12.3 Å². The quantitative estimate of drug-likeness (QED) is 0.470. The van der Waals surface area contributed by atoms with E-state index in [4.69, 9.17) is 11.5 Å². The summed E-state index contributed by atoms with van der Waals surface area (Å²) in [5, 5.41) is 19.5. The predicted octanol–water partition coefficient (Wildman–Crippen LogP) is 0.757. The minimum atomic E-state index is -1.27. The number of hydrogen-bond donors (Lipinski definition) is 1. The number of aromatic carboxylic acids is 1. The Labute approximate surface area is 96.8 Å². The molecule has 0 saturated carbocycles. The highest BCUT2D eigenvalue weighted by Crippen LogP contribution is 2.25. The second-order valence-corrected chi connectivity index (χ2v) is 3.19. The number of carbonyl (C=O) groups is 1. The Kier molecular flexibility index (Phi) is 3.62. The normalized spacial score (nSPS) is 9.41. The summed E-state index contributed by atoms with van der Waals surface area (Å²) in [5.41, 5.74) is -0.628. The molecule has 1 heterocycles. The molecule has 17 heavy (non-hydrogen) atoms. The first-order valence-corrected chi connectivity index (χ1v) is 4.49. The lowest BCUT2D eigenvalue weighted by Gasteiger charge is -2.14. The molecule has 0 fully saturated rings. The largest absolute Gasteiger partial charge is 0.478 e. The molecule has 0 aliphatic rings. The van der Waals surface area contributed by atoms with Crippen LogP contribution in [0.3, 0.4) is 0 Å². The third kappa shape index (κ3) is 2.69. The molecular formula is C10H9N3O4. The molecule has 0 radical (unpaired) electrons. The van der Waals surface area contributed by atoms with Crippen LogP contribution in [0.2, 0.25) is 0 Å². The van der Waals surface area contributed by atoms with E-state index in [2.05, 4.69) is 10.9 Å². The van der Waals surface area contributed by atoms with Crippen molar-refractivity contribution < 1.29 is 14.8 Å². The number of anilines is 1. The summed E-state index contributed by atoms with van der Waals surface area (Å²) in [4.78, 5) is 25.9. The summed E-state index contributed by atoms with van der Waals surface area (Å²) < 4.78 is 0. The topological polar surface area (TPSA) is 96.6 Å². The zero-order valence-electron chi connectivity index (χ0n) is 8.95. The fraction of sp³-hybridized carbons (Fsp3) is 0.200. The van der Waals surface area contributed by atoms with Gasteiger partial charge >= 0.3 is 11.7 Å². The minimum absolute atomic E-state index is 0.0398. The maximum atomic E-state index is 10.8. The number of aromatic nitrogens is 1. The molecule has 1 rings (SSSR count). The van der Waals surface area contributed by atoms with Gasteiger partial charge in [-0.05, 0) is 0 Å². The van der Waals surface area contributed by atoms with E-state index >= 15 is 0 Å². The van der Waals surface area contributed by atoms with Gasteiger partial charge in [0.15, 0.2) is 0 Å². The van der Waals surface area contributed by atoms with Crippen molar-refractivity contribution in [1.29, 1.82) is 0 Å². The van der Waals surface area contributed by atoms with Crippen LogP contribution in [0.1, 0.15) is 10.4 Å². The van der Waals surface area contributed by atoms with Gasteiger partial charge in [0, 0.05) is 19.3 Å². The Morgan fingerprint density at radius 2 is 2.41 bits per heavy atom. The zero-order valence-corrected chi connectivity index (χ0v) is 8.95. The number of carboxylic acids is 1. The van der Waals surface area contributed by atoms with Crippen LogP contribution in [-0.2, 0) is 0 Å². The molecule has 1 aromatic heterocycles. The molecule has 0 atom stereocenters. The standard InChI is InChI=1S/C10H9N3O4/c1-3-4-12(2)9-8(13(16)17)5-7(6-11-9)10(14)15/h1,5-6H,4H2,2H3,(H,14,15). The minimum Gasteiger partial charge on any atom is -0.478 e. The van der Waals surface area contributed by atoms with Crippen molar-refractivity contribution in [2.75, 3.05) is 18.5 Å². The molecule has 0 aliphatic carbocycles. The van der Waals surface area contributed by atoms with E-state index in [1.807, 2.05) is 0 Å². The van der Waals surface area contributed by atoms with E-state index < -0.39 is 10.9 Å². The van der Waals surface area contributed by atoms with E-state index in [0.29, 0.717) is 0 Å². The van der Waals surface area contributed by atoms with Crippen LogP contribution in [0, 0.1) is 22.5 Å². The lowest BCUT2D eigenvalue weighted by Crippen LogP contribution is -2.20. The van der Waals surface area contributed by atoms with Gasteiger partial charge in [0.05, 0.1) is 17.0 Å². The summed E-state index contributed by atoms with van der Waals surface area (Å²) in [6, 6.07) is 0.956. The van der Waals surface area contributed by atoms with Crippen LogP contribution in [0.5, 0.6) is 0 Å². The van der Waals surface area contributed by atoms with Gasteiger partial charge in [0.1, 0.15) is 0 Å². The molecule has 0 aliphatic heterocycles. The predicted molar refractivity (Wildman–Crippen MR) is 60.0 cm³/mol. The van der Waals surface area contributed by atoms with E-state index in [9.17, 15) is 14.9 Å². The van der Waals surface area contributed by atoms with Crippen LogP contribution in [0.4, 0.5) is 11.5 Å². The number of carboxylic acid groups (broad SMARTS) is 1. The molecule has 0 bridgehead atoms. The number of nitro groups is 1. The van der Waals surface area contributed by atoms with Crippen molar-refractivity contribution in [3.8, 4) is 12.3 Å². The fourth-order valence-electron chi connectivity index (χ4n) is 1.20. The van der Waals surface area contributed by atoms with Crippen LogP contribution < -0.4 is 4.90 Å². The fourth-order valence-corrected chi connectivity index (χ4v) is 1.20. The number of rotatable bonds is 4. The van der Waals surface area contributed by atoms with E-state index in [-0.39, 0.29) is 23.6 Å². The molecule has 1 N–H and O–H groups in total. The van der Waals surface area contributed by atoms with Gasteiger partial charge in [0.2, 0.25) is 5.82 Å². The average molecular weight is 235 g/mol. The first-order valence-electron chi connectivity index (χ1n) is 4.49. The van der Waals surface area contributed by atoms with Crippen LogP contribution in [0.25, 0.3) is 0 Å². The Morgan fingerprint density at radius 1 is 1.76 bits per heavy atom. The smallest absolute Gasteiger partial charge is 0.337 e. The maximum Gasteiger partial charge on any atom is 0.337 e. The summed E-state index contributed by atoms with van der Waals surface area (Å²) >= 11 is 0. The van der Waals surface area contributed by atoms with Crippen molar-refractivity contribution in [2.24, 2.45) is 0 Å². The molecule has 0 unspecified atom stereocenters. The van der Waals surface area contributed by atoms with Crippen LogP contribution >= 0.6 is 0 Å². The molecular weight excluding hydrogens is 226 g/mol. The molecule has 0 saturated heterocycles. The average Bonchev–Trinajstić information content (AvgIpc) is 2.28. The third-order valence-electron chi connectivity index (χ3n) is 1.98. The van der Waals surface area contributed by atoms with Gasteiger partial charge < -0.3 is 10.0 Å². The first-order chi connectivity index (χ1) is 7.97. The molecule has 7 nitrogen and oxygen atoms in total. The zero-order chi connectivity index (χ0) is 13.0. The SMILES string of the molecule is C#CCN(C)c1ncc(C(=O)O)cc1[N+](=O)[O-]. The summed E-state index contributed by atoms with van der Waals surface area (Å²) in [6.07, 6.45) is 6.14. The highest BCUT2D eigenvalue weighted by Gasteiger charge is 2.21. The highest BCUT2D eigenvalue weighted by atomic mass is 16.6. The van der Waals surface area contributed by atoms with E-state index in [1.165, 1.54) is 11.9 Å². The summed E-state index contributed by atoms with van der Waals surface area (Å²) in [5.74, 6) is 1.08. The Hall–Kier alpha value is -2.62. The van der Waals surface area contributed by atoms with E-state index in [1.54, 1.807) is 0 Å². The molecule has 0 aromatic carbocycles. The first kappa shape index (κ1) is 12.4. The molecule has 0 amide bonds. The van der Waals surface area contributed by atoms with Gasteiger partial charge in [-0.3, -0.25) is 10.1 Å². The lowest BCUT2D eigenvalue weighted by atomic mass is 10.2. The van der Waals surface area contributed by atoms with Crippen molar-refractivity contribution in [2.45, 2.75) is 0 Å². The van der Waals surface area contributed by atoms with Crippen LogP contribution in [0.15, 0.2) is 12.3 Å². The van der Waals surface area contributed by atoms with Crippen molar-refractivity contribution in [3.63, 3.8) is 0 Å². The van der Waals surface area contributed by atoms with Gasteiger partial charge in [-0.25, -0.2) is 9.78 Å². The van der Waals surface area contributed by atoms with Crippen molar-refractivity contribution >= 4 is 17.5 Å². The van der Waals surface area contributed by atoms with Gasteiger partial charge in [-0.15, -0.1) is 6.42 Å². The molecule has 0 spiro atoms.